The maximum absolute atomic E-state index is 12.6. The van der Waals surface area contributed by atoms with Crippen LogP contribution in [0.15, 0.2) is 54.6 Å². The van der Waals surface area contributed by atoms with Crippen molar-refractivity contribution in [1.82, 2.24) is 0 Å². The molecule has 8 heteroatoms. The fraction of sp³-hybridized carbons (Fsp3) is 0.300. The average molecular weight is 534 g/mol. The number of benzene rings is 3. The van der Waals surface area contributed by atoms with E-state index in [4.69, 9.17) is 23.7 Å². The molecule has 0 saturated heterocycles. The molecule has 2 heterocycles. The molecule has 0 fully saturated rings. The van der Waals surface area contributed by atoms with Crippen molar-refractivity contribution in [2.75, 3.05) is 39.9 Å². The van der Waals surface area contributed by atoms with Crippen LogP contribution in [-0.4, -0.2) is 41.1 Å². The number of hydrogen-bond acceptors (Lipinski definition) is 7. The average Bonchev–Trinajstić information content (AvgIpc) is 3.39. The highest BCUT2D eigenvalue weighted by atomic mass is 32.1. The molecule has 0 N–H and O–H groups in total. The van der Waals surface area contributed by atoms with Gasteiger partial charge in [0.2, 0.25) is 5.75 Å². The molecule has 1 aromatic heterocycles. The minimum atomic E-state index is -0.354. The number of thiophene rings is 1. The van der Waals surface area contributed by atoms with E-state index in [0.717, 1.165) is 51.1 Å². The van der Waals surface area contributed by atoms with Crippen LogP contribution in [-0.2, 0) is 24.2 Å². The van der Waals surface area contributed by atoms with E-state index >= 15 is 0 Å². The zero-order valence-corrected chi connectivity index (χ0v) is 22.9. The van der Waals surface area contributed by atoms with Crippen LogP contribution in [0.25, 0.3) is 10.1 Å². The molecule has 1 aliphatic rings. The molecule has 5 rings (SSSR count). The zero-order chi connectivity index (χ0) is 26.6. The number of carbonyl (C=O) groups is 1. The van der Waals surface area contributed by atoms with Crippen molar-refractivity contribution in [3.63, 3.8) is 0 Å². The van der Waals surface area contributed by atoms with Crippen molar-refractivity contribution < 1.29 is 28.5 Å². The van der Waals surface area contributed by atoms with Gasteiger partial charge in [-0.25, -0.2) is 4.79 Å². The van der Waals surface area contributed by atoms with Gasteiger partial charge in [-0.15, -0.1) is 11.3 Å². The Hall–Kier alpha value is -3.91. The molecule has 4 aromatic rings. The van der Waals surface area contributed by atoms with Crippen LogP contribution in [0.1, 0.15) is 28.0 Å². The molecule has 198 valence electrons. The predicted molar refractivity (Wildman–Crippen MR) is 150 cm³/mol. The largest absolute Gasteiger partial charge is 0.493 e. The minimum absolute atomic E-state index is 0.354. The third-order valence-corrected chi connectivity index (χ3v) is 7.89. The van der Waals surface area contributed by atoms with Gasteiger partial charge in [0.05, 0.1) is 38.8 Å². The third kappa shape index (κ3) is 4.96. The van der Waals surface area contributed by atoms with Crippen LogP contribution < -0.4 is 23.8 Å². The summed E-state index contributed by atoms with van der Waals surface area (Å²) in [7, 11) is 6.26. The highest BCUT2D eigenvalue weighted by molar-refractivity contribution is 7.19. The molecule has 0 radical (unpaired) electrons. The second-order valence-electron chi connectivity index (χ2n) is 9.04. The summed E-state index contributed by atoms with van der Waals surface area (Å²) in [5, 5.41) is 1.12. The van der Waals surface area contributed by atoms with Crippen LogP contribution >= 0.6 is 11.3 Å². The van der Waals surface area contributed by atoms with E-state index in [2.05, 4.69) is 6.07 Å². The van der Waals surface area contributed by atoms with Crippen LogP contribution in [0.3, 0.4) is 0 Å². The quantitative estimate of drug-likeness (QED) is 0.254. The van der Waals surface area contributed by atoms with Crippen LogP contribution in [0.5, 0.6) is 23.0 Å². The Kier molecular flexibility index (Phi) is 7.60. The monoisotopic (exact) mass is 533 g/mol. The Morgan fingerprint density at radius 2 is 1.63 bits per heavy atom. The van der Waals surface area contributed by atoms with Gasteiger partial charge in [-0.2, -0.15) is 0 Å². The first kappa shape index (κ1) is 25.7. The maximum atomic E-state index is 12.6. The van der Waals surface area contributed by atoms with E-state index in [0.29, 0.717) is 36.8 Å². The Labute approximate surface area is 226 Å². The normalized spacial score (nSPS) is 12.7. The fourth-order valence-electron chi connectivity index (χ4n) is 4.97. The van der Waals surface area contributed by atoms with Crippen molar-refractivity contribution >= 4 is 33.2 Å². The van der Waals surface area contributed by atoms with Crippen molar-refractivity contribution in [1.29, 1.82) is 0 Å². The molecule has 0 spiro atoms. The number of fused-ring (bicyclic) bond motifs is 3. The summed E-state index contributed by atoms with van der Waals surface area (Å²) in [4.78, 5) is 15.5. The molecular weight excluding hydrogens is 502 g/mol. The molecule has 7 nitrogen and oxygen atoms in total. The van der Waals surface area contributed by atoms with Gasteiger partial charge in [0, 0.05) is 29.3 Å². The number of rotatable bonds is 8. The predicted octanol–water partition coefficient (Wildman–Crippen LogP) is 6.62. The number of amides is 1. The van der Waals surface area contributed by atoms with Gasteiger partial charge in [-0.3, -0.25) is 4.90 Å². The van der Waals surface area contributed by atoms with Gasteiger partial charge < -0.3 is 23.7 Å². The van der Waals surface area contributed by atoms with Gasteiger partial charge in [0.1, 0.15) is 12.4 Å². The Bertz CT molecular complexity index is 1420. The molecule has 0 aliphatic carbocycles. The number of methoxy groups -OCH3 is 4. The summed E-state index contributed by atoms with van der Waals surface area (Å²) < 4.78 is 29.1. The zero-order valence-electron chi connectivity index (χ0n) is 22.0. The maximum Gasteiger partial charge on any atom is 0.414 e. The van der Waals surface area contributed by atoms with Crippen molar-refractivity contribution in [2.24, 2.45) is 0 Å². The minimum Gasteiger partial charge on any atom is -0.493 e. The van der Waals surface area contributed by atoms with E-state index in [9.17, 15) is 4.79 Å². The van der Waals surface area contributed by atoms with Gasteiger partial charge in [0.15, 0.2) is 11.5 Å². The summed E-state index contributed by atoms with van der Waals surface area (Å²) in [5.74, 6) is 2.59. The molecule has 1 aliphatic heterocycles. The topological polar surface area (TPSA) is 66.5 Å². The number of nitrogens with zero attached hydrogens (tertiary/aromatic N) is 1. The first-order chi connectivity index (χ1) is 18.6. The molecule has 0 bridgehead atoms. The first-order valence-electron chi connectivity index (χ1n) is 12.5. The second-order valence-corrected chi connectivity index (χ2v) is 10.2. The van der Waals surface area contributed by atoms with E-state index in [1.54, 1.807) is 37.6 Å². The molecule has 1 amide bonds. The van der Waals surface area contributed by atoms with E-state index in [1.165, 1.54) is 12.0 Å². The summed E-state index contributed by atoms with van der Waals surface area (Å²) in [5.41, 5.74) is 4.13. The van der Waals surface area contributed by atoms with E-state index in [-0.39, 0.29) is 6.09 Å². The molecule has 38 heavy (non-hydrogen) atoms. The number of aryl methyl sites for hydroxylation is 1. The highest BCUT2D eigenvalue weighted by Gasteiger charge is 2.27. The van der Waals surface area contributed by atoms with E-state index in [1.807, 2.05) is 48.5 Å². The lowest BCUT2D eigenvalue weighted by molar-refractivity contribution is 0.178. The van der Waals surface area contributed by atoms with Gasteiger partial charge >= 0.3 is 6.09 Å². The fourth-order valence-corrected chi connectivity index (χ4v) is 6.16. The van der Waals surface area contributed by atoms with Crippen molar-refractivity contribution in [2.45, 2.75) is 25.9 Å². The Morgan fingerprint density at radius 1 is 0.895 bits per heavy atom. The Balaban J connectivity index is 1.58. The number of carbonyl (C=O) groups excluding carboxylic acids is 1. The van der Waals surface area contributed by atoms with Gasteiger partial charge in [-0.1, -0.05) is 30.3 Å². The molecule has 0 saturated carbocycles. The van der Waals surface area contributed by atoms with Crippen LogP contribution in [0.4, 0.5) is 10.5 Å². The summed E-state index contributed by atoms with van der Waals surface area (Å²) >= 11 is 1.71. The number of hydrogen-bond donors (Lipinski definition) is 0. The molecular formula is C30H31NO6S. The third-order valence-electron chi connectivity index (χ3n) is 6.74. The van der Waals surface area contributed by atoms with Gasteiger partial charge in [0.25, 0.3) is 0 Å². The van der Waals surface area contributed by atoms with Crippen LogP contribution in [0, 0.1) is 0 Å². The number of ether oxygens (including phenoxy) is 5. The second kappa shape index (κ2) is 11.2. The first-order valence-corrected chi connectivity index (χ1v) is 13.3. The van der Waals surface area contributed by atoms with E-state index < -0.39 is 0 Å². The van der Waals surface area contributed by atoms with Gasteiger partial charge in [-0.05, 0) is 47.7 Å². The molecule has 0 unspecified atom stereocenters. The van der Waals surface area contributed by atoms with Crippen molar-refractivity contribution in [3.8, 4) is 23.0 Å². The SMILES string of the molecule is COC(=O)N1CCCc2c1cc(OCc1ccccc1)c1sc(Cc3cc(OC)c(OC)c(OC)c3)cc21. The molecule has 0 atom stereocenters. The summed E-state index contributed by atoms with van der Waals surface area (Å²) in [6, 6.07) is 18.3. The standard InChI is InChI=1S/C30H31NO6S/c1-33-25-14-20(15-26(34-2)28(25)35-3)13-21-16-23-22-11-8-12-31(30(32)36-4)24(22)17-27(29(23)38-21)37-18-19-9-6-5-7-10-19/h5-7,9-10,14-17H,8,11-13,18H2,1-4H3. The number of anilines is 1. The molecule has 3 aromatic carbocycles. The van der Waals surface area contributed by atoms with Crippen molar-refractivity contribution in [3.05, 3.63) is 76.2 Å². The lowest BCUT2D eigenvalue weighted by Gasteiger charge is -2.29. The summed E-state index contributed by atoms with van der Waals surface area (Å²) in [6.45, 7) is 1.05. The lowest BCUT2D eigenvalue weighted by atomic mass is 9.97. The van der Waals surface area contributed by atoms with Crippen LogP contribution in [0.2, 0.25) is 0 Å². The lowest BCUT2D eigenvalue weighted by Crippen LogP contribution is -2.35. The Morgan fingerprint density at radius 3 is 2.29 bits per heavy atom. The smallest absolute Gasteiger partial charge is 0.414 e. The highest BCUT2D eigenvalue weighted by Crippen LogP contribution is 2.45. The summed E-state index contributed by atoms with van der Waals surface area (Å²) in [6.07, 6.45) is 2.09.